The van der Waals surface area contributed by atoms with E-state index in [-0.39, 0.29) is 18.9 Å². The molecule has 1 unspecified atom stereocenters. The molecule has 1 atom stereocenters. The maximum absolute atomic E-state index is 11.7. The molecule has 3 rings (SSSR count). The van der Waals surface area contributed by atoms with E-state index >= 15 is 0 Å². The minimum Gasteiger partial charge on any atom is -0.481 e. The summed E-state index contributed by atoms with van der Waals surface area (Å²) in [5.41, 5.74) is 3.70. The molecule has 0 radical (unpaired) electrons. The van der Waals surface area contributed by atoms with Crippen molar-refractivity contribution < 1.29 is 19.8 Å². The van der Waals surface area contributed by atoms with E-state index in [4.69, 9.17) is 10.2 Å². The summed E-state index contributed by atoms with van der Waals surface area (Å²) in [4.78, 5) is 22.4. The summed E-state index contributed by atoms with van der Waals surface area (Å²) in [5.74, 6) is -1.40. The highest BCUT2D eigenvalue weighted by atomic mass is 32.2. The molecule has 3 N–H and O–H groups in total. The Morgan fingerprint density at radius 3 is 2.67 bits per heavy atom. The second-order valence-corrected chi connectivity index (χ2v) is 7.02. The topological polar surface area (TPSA) is 111 Å². The third-order valence-corrected chi connectivity index (χ3v) is 4.92. The first-order valence-corrected chi connectivity index (χ1v) is 9.03. The van der Waals surface area contributed by atoms with Crippen LogP contribution in [0.15, 0.2) is 58.7 Å². The summed E-state index contributed by atoms with van der Waals surface area (Å²) in [6, 6.07) is 15.3. The first-order chi connectivity index (χ1) is 13.0. The number of aliphatic carboxylic acids is 1. The summed E-state index contributed by atoms with van der Waals surface area (Å²) in [7, 11) is 0. The number of carbonyl (C=O) groups excluding carboxylic acids is 1. The van der Waals surface area contributed by atoms with Crippen LogP contribution in [0.4, 0.5) is 0 Å². The standard InChI is InChI=1S/C19H17N3O4S/c23-11-12-4-6-14(7-5-12)15-3-1-2-13(8-15)10-20-22-19-21-18(26)16(27-19)9-17(24)25/h1-8,10,16,23H,9,11H2,(H,24,25)(H,21,22,26). The minimum absolute atomic E-state index is 0.00911. The van der Waals surface area contributed by atoms with Gasteiger partial charge in [-0.15, -0.1) is 5.10 Å². The van der Waals surface area contributed by atoms with E-state index in [1.807, 2.05) is 48.5 Å². The number of carboxylic acid groups (broad SMARTS) is 1. The lowest BCUT2D eigenvalue weighted by atomic mass is 10.0. The fourth-order valence-corrected chi connectivity index (χ4v) is 3.41. The maximum atomic E-state index is 11.7. The van der Waals surface area contributed by atoms with E-state index in [9.17, 15) is 9.59 Å². The Hall–Kier alpha value is -2.97. The number of aliphatic hydroxyl groups is 1. The number of aliphatic hydroxyl groups excluding tert-OH is 1. The highest BCUT2D eigenvalue weighted by molar-refractivity contribution is 8.15. The Morgan fingerprint density at radius 1 is 1.19 bits per heavy atom. The van der Waals surface area contributed by atoms with Crippen LogP contribution in [0.25, 0.3) is 11.1 Å². The average Bonchev–Trinajstić information content (AvgIpc) is 3.01. The number of nitrogens with one attached hydrogen (secondary N) is 1. The monoisotopic (exact) mass is 383 g/mol. The number of benzene rings is 2. The van der Waals surface area contributed by atoms with E-state index in [1.165, 1.54) is 0 Å². The van der Waals surface area contributed by atoms with E-state index in [0.29, 0.717) is 5.17 Å². The van der Waals surface area contributed by atoms with Gasteiger partial charge < -0.3 is 15.5 Å². The van der Waals surface area contributed by atoms with Gasteiger partial charge in [0.15, 0.2) is 5.17 Å². The van der Waals surface area contributed by atoms with Gasteiger partial charge in [-0.3, -0.25) is 9.59 Å². The highest BCUT2D eigenvalue weighted by Crippen LogP contribution is 2.23. The fraction of sp³-hybridized carbons (Fsp3) is 0.158. The Bertz CT molecular complexity index is 909. The SMILES string of the molecule is O=C(O)CC1SC(=NN=Cc2cccc(-c3ccc(CO)cc3)c2)NC1=O. The molecule has 0 spiro atoms. The number of hydrogen-bond donors (Lipinski definition) is 3. The first kappa shape index (κ1) is 18.8. The molecule has 2 aromatic rings. The van der Waals surface area contributed by atoms with Crippen LogP contribution in [-0.2, 0) is 16.2 Å². The largest absolute Gasteiger partial charge is 0.481 e. The van der Waals surface area contributed by atoms with E-state index in [0.717, 1.165) is 34.0 Å². The molecule has 2 aromatic carbocycles. The van der Waals surface area contributed by atoms with Crippen molar-refractivity contribution in [1.82, 2.24) is 5.32 Å². The normalized spacial score (nSPS) is 18.2. The second-order valence-electron chi connectivity index (χ2n) is 5.82. The molecule has 0 bridgehead atoms. The van der Waals surface area contributed by atoms with Crippen LogP contribution in [-0.4, -0.2) is 38.7 Å². The number of thioether (sulfide) groups is 1. The molecular formula is C19H17N3O4S. The third-order valence-electron chi connectivity index (χ3n) is 3.85. The molecule has 1 heterocycles. The number of nitrogens with zero attached hydrogens (tertiary/aromatic N) is 2. The van der Waals surface area contributed by atoms with Gasteiger partial charge in [0, 0.05) is 0 Å². The van der Waals surface area contributed by atoms with Crippen LogP contribution < -0.4 is 5.32 Å². The van der Waals surface area contributed by atoms with Crippen molar-refractivity contribution in [2.45, 2.75) is 18.3 Å². The highest BCUT2D eigenvalue weighted by Gasteiger charge is 2.32. The zero-order valence-electron chi connectivity index (χ0n) is 14.2. The van der Waals surface area contributed by atoms with Crippen molar-refractivity contribution in [2.24, 2.45) is 10.2 Å². The number of amidine groups is 1. The maximum Gasteiger partial charge on any atom is 0.305 e. The predicted octanol–water partition coefficient (Wildman–Crippen LogP) is 2.24. The molecule has 1 saturated heterocycles. The third kappa shape index (κ3) is 5.02. The molecule has 0 aromatic heterocycles. The zero-order valence-corrected chi connectivity index (χ0v) is 15.0. The Balaban J connectivity index is 1.69. The lowest BCUT2D eigenvalue weighted by Gasteiger charge is -2.04. The van der Waals surface area contributed by atoms with Crippen LogP contribution in [0.5, 0.6) is 0 Å². The molecule has 1 fully saturated rings. The Morgan fingerprint density at radius 2 is 1.96 bits per heavy atom. The minimum atomic E-state index is -1.03. The van der Waals surface area contributed by atoms with Gasteiger partial charge in [-0.05, 0) is 28.3 Å². The van der Waals surface area contributed by atoms with E-state index < -0.39 is 11.2 Å². The summed E-state index contributed by atoms with van der Waals surface area (Å²) in [5, 5.41) is 28.0. The van der Waals surface area contributed by atoms with Gasteiger partial charge in [-0.2, -0.15) is 5.10 Å². The van der Waals surface area contributed by atoms with Gasteiger partial charge in [0.2, 0.25) is 5.91 Å². The molecule has 0 saturated carbocycles. The molecule has 1 aliphatic heterocycles. The lowest BCUT2D eigenvalue weighted by molar-refractivity contribution is -0.138. The number of amides is 1. The van der Waals surface area contributed by atoms with Crippen LogP contribution in [0, 0.1) is 0 Å². The molecular weight excluding hydrogens is 366 g/mol. The van der Waals surface area contributed by atoms with Crippen molar-refractivity contribution in [3.05, 3.63) is 59.7 Å². The van der Waals surface area contributed by atoms with Gasteiger partial charge in [0.25, 0.3) is 0 Å². The van der Waals surface area contributed by atoms with Crippen molar-refractivity contribution in [3.63, 3.8) is 0 Å². The first-order valence-electron chi connectivity index (χ1n) is 8.16. The summed E-state index contributed by atoms with van der Waals surface area (Å²) in [6.45, 7) is 0.00911. The van der Waals surface area contributed by atoms with Gasteiger partial charge in [0.1, 0.15) is 5.25 Å². The van der Waals surface area contributed by atoms with Crippen LogP contribution in [0.2, 0.25) is 0 Å². The molecule has 27 heavy (non-hydrogen) atoms. The Kier molecular flexibility index (Phi) is 6.00. The summed E-state index contributed by atoms with van der Waals surface area (Å²) in [6.07, 6.45) is 1.31. The zero-order chi connectivity index (χ0) is 19.2. The molecule has 1 amide bonds. The Labute approximate surface area is 159 Å². The van der Waals surface area contributed by atoms with Crippen LogP contribution >= 0.6 is 11.8 Å². The number of carbonyl (C=O) groups is 2. The van der Waals surface area contributed by atoms with Crippen molar-refractivity contribution in [3.8, 4) is 11.1 Å². The lowest BCUT2D eigenvalue weighted by Crippen LogP contribution is -2.26. The van der Waals surface area contributed by atoms with E-state index in [1.54, 1.807) is 6.21 Å². The smallest absolute Gasteiger partial charge is 0.305 e. The van der Waals surface area contributed by atoms with Crippen molar-refractivity contribution in [1.29, 1.82) is 0 Å². The quantitative estimate of drug-likeness (QED) is 0.523. The molecule has 138 valence electrons. The van der Waals surface area contributed by atoms with Crippen molar-refractivity contribution in [2.75, 3.05) is 0 Å². The summed E-state index contributed by atoms with van der Waals surface area (Å²) < 4.78 is 0. The molecule has 0 aliphatic carbocycles. The molecule has 7 nitrogen and oxygen atoms in total. The van der Waals surface area contributed by atoms with Gasteiger partial charge in [-0.1, -0.05) is 54.2 Å². The molecule has 8 heteroatoms. The van der Waals surface area contributed by atoms with Gasteiger partial charge >= 0.3 is 5.97 Å². The number of rotatable bonds is 6. The number of carboxylic acids is 1. The van der Waals surface area contributed by atoms with Crippen molar-refractivity contribution >= 4 is 35.0 Å². The van der Waals surface area contributed by atoms with Gasteiger partial charge in [-0.25, -0.2) is 0 Å². The fourth-order valence-electron chi connectivity index (χ4n) is 2.49. The van der Waals surface area contributed by atoms with Crippen LogP contribution in [0.1, 0.15) is 17.5 Å². The predicted molar refractivity (Wildman–Crippen MR) is 105 cm³/mol. The summed E-state index contributed by atoms with van der Waals surface area (Å²) >= 11 is 1.06. The van der Waals surface area contributed by atoms with E-state index in [2.05, 4.69) is 15.5 Å². The molecule has 1 aliphatic rings. The van der Waals surface area contributed by atoms with Crippen LogP contribution in [0.3, 0.4) is 0 Å². The van der Waals surface area contributed by atoms with Gasteiger partial charge in [0.05, 0.1) is 19.2 Å². The average molecular weight is 383 g/mol. The number of hydrogen-bond acceptors (Lipinski definition) is 6. The second kappa shape index (κ2) is 8.61.